The Kier molecular flexibility index (Phi) is 8.84. The second kappa shape index (κ2) is 9.77. The van der Waals surface area contributed by atoms with Crippen LogP contribution in [0.15, 0.2) is 12.7 Å². The molecular weight excluding hydrogens is 180 g/mol. The molecule has 0 aromatic rings. The topological polar surface area (TPSA) is 58.2 Å². The molecule has 0 aliphatic rings. The summed E-state index contributed by atoms with van der Waals surface area (Å²) in [5.41, 5.74) is 0. The average Bonchev–Trinajstić information content (AvgIpc) is 2.21. The van der Waals surface area contributed by atoms with Crippen molar-refractivity contribution in [1.29, 1.82) is 0 Å². The van der Waals surface area contributed by atoms with Gasteiger partial charge >= 0.3 is 0 Å². The zero-order chi connectivity index (χ0) is 10.6. The van der Waals surface area contributed by atoms with E-state index in [9.17, 15) is 9.59 Å². The van der Waals surface area contributed by atoms with E-state index in [0.29, 0.717) is 13.0 Å². The molecule has 0 heterocycles. The summed E-state index contributed by atoms with van der Waals surface area (Å²) >= 11 is 0. The highest BCUT2D eigenvalue weighted by Gasteiger charge is 1.93. The number of hydrogen-bond donors (Lipinski definition) is 2. The Morgan fingerprint density at radius 2 is 1.79 bits per heavy atom. The normalized spacial score (nSPS) is 9.14. The minimum Gasteiger partial charge on any atom is -0.359 e. The Balaban J connectivity index is 3.02. The molecular formula is C10H18N2O2. The average molecular weight is 198 g/mol. The summed E-state index contributed by atoms with van der Waals surface area (Å²) < 4.78 is 0. The zero-order valence-corrected chi connectivity index (χ0v) is 8.42. The minimum absolute atomic E-state index is 0.118. The van der Waals surface area contributed by atoms with Gasteiger partial charge in [-0.25, -0.2) is 0 Å². The van der Waals surface area contributed by atoms with E-state index in [4.69, 9.17) is 0 Å². The van der Waals surface area contributed by atoms with Crippen LogP contribution in [0.5, 0.6) is 0 Å². The van der Waals surface area contributed by atoms with Gasteiger partial charge in [0.05, 0.1) is 0 Å². The Labute approximate surface area is 84.8 Å². The third kappa shape index (κ3) is 8.77. The maximum absolute atomic E-state index is 10.7. The van der Waals surface area contributed by atoms with Crippen LogP contribution in [0.3, 0.4) is 0 Å². The summed E-state index contributed by atoms with van der Waals surface area (Å²) in [6.07, 6.45) is 6.09. The first-order chi connectivity index (χ1) is 6.81. The Morgan fingerprint density at radius 3 is 2.36 bits per heavy atom. The molecule has 0 aliphatic carbocycles. The van der Waals surface area contributed by atoms with E-state index in [1.807, 2.05) is 0 Å². The highest BCUT2D eigenvalue weighted by Crippen LogP contribution is 1.97. The molecule has 0 unspecified atom stereocenters. The third-order valence-corrected chi connectivity index (χ3v) is 1.82. The van der Waals surface area contributed by atoms with Gasteiger partial charge < -0.3 is 10.6 Å². The van der Waals surface area contributed by atoms with Crippen molar-refractivity contribution in [2.75, 3.05) is 13.1 Å². The van der Waals surface area contributed by atoms with Gasteiger partial charge in [0.2, 0.25) is 12.3 Å². The number of nitrogens with one attached hydrogen (secondary N) is 2. The molecule has 0 saturated carbocycles. The Bertz CT molecular complexity index is 181. The van der Waals surface area contributed by atoms with Crippen molar-refractivity contribution < 1.29 is 9.59 Å². The van der Waals surface area contributed by atoms with Crippen LogP contribution in [0.25, 0.3) is 0 Å². The van der Waals surface area contributed by atoms with E-state index in [1.54, 1.807) is 0 Å². The number of amides is 2. The number of unbranched alkanes of at least 4 members (excludes halogenated alkanes) is 3. The quantitative estimate of drug-likeness (QED) is 0.324. The van der Waals surface area contributed by atoms with Gasteiger partial charge in [0.25, 0.3) is 0 Å². The number of rotatable bonds is 9. The molecule has 0 atom stereocenters. The molecule has 4 heteroatoms. The van der Waals surface area contributed by atoms with Crippen LogP contribution in [0, 0.1) is 0 Å². The van der Waals surface area contributed by atoms with Gasteiger partial charge in [-0.15, -0.1) is 0 Å². The maximum Gasteiger partial charge on any atom is 0.243 e. The molecule has 0 aromatic heterocycles. The first-order valence-electron chi connectivity index (χ1n) is 4.88. The van der Waals surface area contributed by atoms with E-state index in [0.717, 1.165) is 32.2 Å². The molecule has 0 bridgehead atoms. The van der Waals surface area contributed by atoms with Crippen LogP contribution in [0.2, 0.25) is 0 Å². The predicted octanol–water partition coefficient (Wildman–Crippen LogP) is 0.595. The number of carbonyl (C=O) groups excluding carboxylic acids is 2. The molecule has 4 nitrogen and oxygen atoms in total. The molecule has 0 radical (unpaired) electrons. The van der Waals surface area contributed by atoms with Gasteiger partial charge in [0, 0.05) is 13.1 Å². The third-order valence-electron chi connectivity index (χ3n) is 1.82. The molecule has 0 fully saturated rings. The van der Waals surface area contributed by atoms with Crippen LogP contribution in [-0.2, 0) is 9.59 Å². The predicted molar refractivity (Wildman–Crippen MR) is 55.7 cm³/mol. The van der Waals surface area contributed by atoms with Gasteiger partial charge in [0.15, 0.2) is 0 Å². The van der Waals surface area contributed by atoms with Crippen LogP contribution in [-0.4, -0.2) is 25.4 Å². The standard InChI is InChI=1S/C10H18N2O2/c1-2-10(14)12-8-6-4-3-5-7-11-9-13/h2,9H,1,3-8H2,(H,11,13)(H,12,14). The maximum atomic E-state index is 10.7. The van der Waals surface area contributed by atoms with E-state index >= 15 is 0 Å². The first-order valence-corrected chi connectivity index (χ1v) is 4.88. The fraction of sp³-hybridized carbons (Fsp3) is 0.600. The highest BCUT2D eigenvalue weighted by molar-refractivity contribution is 5.86. The zero-order valence-electron chi connectivity index (χ0n) is 8.42. The lowest BCUT2D eigenvalue weighted by Gasteiger charge is -2.02. The van der Waals surface area contributed by atoms with Crippen molar-refractivity contribution in [3.8, 4) is 0 Å². The second-order valence-electron chi connectivity index (χ2n) is 2.98. The van der Waals surface area contributed by atoms with Gasteiger partial charge in [-0.3, -0.25) is 9.59 Å². The fourth-order valence-corrected chi connectivity index (χ4v) is 1.05. The first kappa shape index (κ1) is 12.7. The lowest BCUT2D eigenvalue weighted by molar-refractivity contribution is -0.116. The monoisotopic (exact) mass is 198 g/mol. The summed E-state index contributed by atoms with van der Waals surface area (Å²) in [4.78, 5) is 20.6. The number of hydrogen-bond acceptors (Lipinski definition) is 2. The number of carbonyl (C=O) groups is 2. The van der Waals surface area contributed by atoms with Crippen LogP contribution in [0.4, 0.5) is 0 Å². The van der Waals surface area contributed by atoms with Crippen molar-refractivity contribution in [1.82, 2.24) is 10.6 Å². The van der Waals surface area contributed by atoms with Crippen molar-refractivity contribution in [3.05, 3.63) is 12.7 Å². The van der Waals surface area contributed by atoms with Gasteiger partial charge in [-0.05, 0) is 18.9 Å². The molecule has 0 saturated heterocycles. The summed E-state index contributed by atoms with van der Waals surface area (Å²) in [5.74, 6) is -0.118. The highest BCUT2D eigenvalue weighted by atomic mass is 16.1. The lowest BCUT2D eigenvalue weighted by atomic mass is 10.2. The van der Waals surface area contributed by atoms with Gasteiger partial charge in [-0.2, -0.15) is 0 Å². The van der Waals surface area contributed by atoms with E-state index in [-0.39, 0.29) is 5.91 Å². The van der Waals surface area contributed by atoms with Crippen molar-refractivity contribution in [3.63, 3.8) is 0 Å². The molecule has 0 aromatic carbocycles. The molecule has 2 amide bonds. The molecule has 0 aliphatic heterocycles. The molecule has 0 rings (SSSR count). The lowest BCUT2D eigenvalue weighted by Crippen LogP contribution is -2.21. The second-order valence-corrected chi connectivity index (χ2v) is 2.98. The SMILES string of the molecule is C=CC(=O)NCCCCCCNC=O. The van der Waals surface area contributed by atoms with Crippen LogP contribution < -0.4 is 10.6 Å². The molecule has 80 valence electrons. The molecule has 0 spiro atoms. The molecule has 2 N–H and O–H groups in total. The summed E-state index contributed by atoms with van der Waals surface area (Å²) in [6.45, 7) is 4.80. The summed E-state index contributed by atoms with van der Waals surface area (Å²) in [7, 11) is 0. The summed E-state index contributed by atoms with van der Waals surface area (Å²) in [6, 6.07) is 0. The fourth-order valence-electron chi connectivity index (χ4n) is 1.05. The van der Waals surface area contributed by atoms with E-state index in [2.05, 4.69) is 17.2 Å². The molecule has 14 heavy (non-hydrogen) atoms. The minimum atomic E-state index is -0.118. The Hall–Kier alpha value is -1.32. The van der Waals surface area contributed by atoms with Crippen LogP contribution in [0.1, 0.15) is 25.7 Å². The van der Waals surface area contributed by atoms with E-state index < -0.39 is 0 Å². The summed E-state index contributed by atoms with van der Waals surface area (Å²) in [5, 5.41) is 5.31. The largest absolute Gasteiger partial charge is 0.359 e. The van der Waals surface area contributed by atoms with Crippen molar-refractivity contribution >= 4 is 12.3 Å². The van der Waals surface area contributed by atoms with Crippen molar-refractivity contribution in [2.45, 2.75) is 25.7 Å². The van der Waals surface area contributed by atoms with Gasteiger partial charge in [0.1, 0.15) is 0 Å². The van der Waals surface area contributed by atoms with Gasteiger partial charge in [-0.1, -0.05) is 19.4 Å². The van der Waals surface area contributed by atoms with Crippen LogP contribution >= 0.6 is 0 Å². The smallest absolute Gasteiger partial charge is 0.243 e. The van der Waals surface area contributed by atoms with E-state index in [1.165, 1.54) is 6.08 Å². The van der Waals surface area contributed by atoms with Crippen molar-refractivity contribution in [2.24, 2.45) is 0 Å². The Morgan fingerprint density at radius 1 is 1.14 bits per heavy atom.